The fourth-order valence-electron chi connectivity index (χ4n) is 3.69. The van der Waals surface area contributed by atoms with Crippen LogP contribution in [-0.2, 0) is 0 Å². The fourth-order valence-corrected chi connectivity index (χ4v) is 3.86. The topological polar surface area (TPSA) is 89.5 Å². The van der Waals surface area contributed by atoms with E-state index >= 15 is 0 Å². The van der Waals surface area contributed by atoms with Crippen LogP contribution in [0, 0.1) is 22.0 Å². The molecule has 2 fully saturated rings. The van der Waals surface area contributed by atoms with E-state index in [4.69, 9.17) is 17.3 Å². The smallest absolute Gasteiger partial charge is 0.282 e. The Bertz CT molecular complexity index is 622. The van der Waals surface area contributed by atoms with Crippen LogP contribution in [0.25, 0.3) is 0 Å². The number of nitrogens with two attached hydrogens (primary N) is 1. The maximum atomic E-state index is 12.7. The van der Waals surface area contributed by atoms with E-state index in [1.54, 1.807) is 4.90 Å². The van der Waals surface area contributed by atoms with Crippen molar-refractivity contribution < 1.29 is 9.72 Å². The summed E-state index contributed by atoms with van der Waals surface area (Å²) < 4.78 is 0. The number of fused-ring (bicyclic) bond motifs is 1. The molecule has 1 heterocycles. The fraction of sp³-hybridized carbons (Fsp3) is 0.533. The molecule has 0 spiro atoms. The van der Waals surface area contributed by atoms with Crippen LogP contribution in [0.4, 0.5) is 5.69 Å². The average Bonchev–Trinajstić information content (AvgIpc) is 2.91. The first-order chi connectivity index (χ1) is 10.5. The van der Waals surface area contributed by atoms with Crippen LogP contribution < -0.4 is 5.73 Å². The third-order valence-corrected chi connectivity index (χ3v) is 5.06. The second kappa shape index (κ2) is 5.85. The Morgan fingerprint density at radius 1 is 1.36 bits per heavy atom. The van der Waals surface area contributed by atoms with Crippen LogP contribution in [0.5, 0.6) is 0 Å². The van der Waals surface area contributed by atoms with Gasteiger partial charge in [0.25, 0.3) is 11.6 Å². The van der Waals surface area contributed by atoms with Gasteiger partial charge in [-0.2, -0.15) is 0 Å². The highest BCUT2D eigenvalue weighted by Gasteiger charge is 2.41. The van der Waals surface area contributed by atoms with Gasteiger partial charge in [0, 0.05) is 30.2 Å². The normalized spacial score (nSPS) is 27.5. The third kappa shape index (κ3) is 2.68. The number of carbonyl (C=O) groups excluding carboxylic acids is 1. The van der Waals surface area contributed by atoms with Gasteiger partial charge in [0.15, 0.2) is 0 Å². The summed E-state index contributed by atoms with van der Waals surface area (Å²) in [6, 6.07) is 4.20. The van der Waals surface area contributed by atoms with E-state index in [0.29, 0.717) is 29.9 Å². The van der Waals surface area contributed by atoms with Crippen molar-refractivity contribution in [3.05, 3.63) is 38.9 Å². The number of halogens is 1. The summed E-state index contributed by atoms with van der Waals surface area (Å²) in [6.07, 6.45) is 3.14. The molecule has 22 heavy (non-hydrogen) atoms. The highest BCUT2D eigenvalue weighted by molar-refractivity contribution is 6.31. The van der Waals surface area contributed by atoms with Crippen LogP contribution in [0.3, 0.4) is 0 Å². The van der Waals surface area contributed by atoms with Crippen LogP contribution >= 0.6 is 11.6 Å². The van der Waals surface area contributed by atoms with Gasteiger partial charge in [-0.1, -0.05) is 18.0 Å². The number of nitro groups is 1. The number of carbonyl (C=O) groups is 1. The van der Waals surface area contributed by atoms with Gasteiger partial charge >= 0.3 is 0 Å². The zero-order valence-electron chi connectivity index (χ0n) is 12.1. The zero-order valence-corrected chi connectivity index (χ0v) is 12.8. The summed E-state index contributed by atoms with van der Waals surface area (Å²) in [4.78, 5) is 25.0. The molecule has 0 bridgehead atoms. The largest absolute Gasteiger partial charge is 0.338 e. The molecular weight excluding hydrogens is 306 g/mol. The van der Waals surface area contributed by atoms with Crippen molar-refractivity contribution in [1.82, 2.24) is 4.90 Å². The highest BCUT2D eigenvalue weighted by atomic mass is 35.5. The second-order valence-corrected chi connectivity index (χ2v) is 6.58. The average molecular weight is 324 g/mol. The van der Waals surface area contributed by atoms with Gasteiger partial charge in [0.05, 0.1) is 4.92 Å². The number of likely N-dealkylation sites (tertiary alicyclic amines) is 1. The standard InChI is InChI=1S/C15H18ClN3O3/c16-10-4-5-14(19(21)22)11(6-10)15(20)18-7-9-2-1-3-13(17)12(9)8-18/h4-6,9,12-13H,1-3,7-8,17H2. The number of nitrogens with zero attached hydrogens (tertiary/aromatic N) is 2. The van der Waals surface area contributed by atoms with E-state index in [2.05, 4.69) is 0 Å². The summed E-state index contributed by atoms with van der Waals surface area (Å²) in [5.41, 5.74) is 6.02. The van der Waals surface area contributed by atoms with Crippen molar-refractivity contribution >= 4 is 23.2 Å². The molecule has 6 nitrogen and oxygen atoms in total. The summed E-state index contributed by atoms with van der Waals surface area (Å²) in [7, 11) is 0. The molecule has 1 aromatic rings. The molecule has 7 heteroatoms. The van der Waals surface area contributed by atoms with Crippen LogP contribution in [0.2, 0.25) is 5.02 Å². The van der Waals surface area contributed by atoms with Gasteiger partial charge in [0.2, 0.25) is 0 Å². The predicted octanol–water partition coefficient (Wildman–Crippen LogP) is 2.45. The predicted molar refractivity (Wildman–Crippen MR) is 82.8 cm³/mol. The van der Waals surface area contributed by atoms with E-state index in [0.717, 1.165) is 19.3 Å². The SMILES string of the molecule is NC1CCCC2CN(C(=O)c3cc(Cl)ccc3[N+](=O)[O-])CC12. The third-order valence-electron chi connectivity index (χ3n) is 4.83. The molecule has 1 aliphatic heterocycles. The van der Waals surface area contributed by atoms with E-state index < -0.39 is 4.92 Å². The lowest BCUT2D eigenvalue weighted by molar-refractivity contribution is -0.385. The minimum absolute atomic E-state index is 0.0599. The Morgan fingerprint density at radius 2 is 2.14 bits per heavy atom. The summed E-state index contributed by atoms with van der Waals surface area (Å²) in [6.45, 7) is 1.20. The maximum absolute atomic E-state index is 12.7. The van der Waals surface area contributed by atoms with Crippen molar-refractivity contribution in [2.75, 3.05) is 13.1 Å². The number of hydrogen-bond acceptors (Lipinski definition) is 4. The molecule has 1 amide bonds. The summed E-state index contributed by atoms with van der Waals surface area (Å²) >= 11 is 5.90. The molecule has 1 saturated carbocycles. The quantitative estimate of drug-likeness (QED) is 0.668. The van der Waals surface area contributed by atoms with Crippen LogP contribution in [0.15, 0.2) is 18.2 Å². The van der Waals surface area contributed by atoms with Crippen LogP contribution in [-0.4, -0.2) is 34.9 Å². The Hall–Kier alpha value is -1.66. The maximum Gasteiger partial charge on any atom is 0.282 e. The van der Waals surface area contributed by atoms with Crippen molar-refractivity contribution in [2.24, 2.45) is 17.6 Å². The number of rotatable bonds is 2. The van der Waals surface area contributed by atoms with Crippen LogP contribution in [0.1, 0.15) is 29.6 Å². The van der Waals surface area contributed by atoms with Crippen molar-refractivity contribution in [1.29, 1.82) is 0 Å². The molecule has 3 unspecified atom stereocenters. The van der Waals surface area contributed by atoms with Gasteiger partial charge in [-0.05, 0) is 36.8 Å². The monoisotopic (exact) mass is 323 g/mol. The second-order valence-electron chi connectivity index (χ2n) is 6.15. The van der Waals surface area contributed by atoms with Gasteiger partial charge in [0.1, 0.15) is 5.56 Å². The molecule has 1 aliphatic carbocycles. The number of hydrogen-bond donors (Lipinski definition) is 1. The summed E-state index contributed by atoms with van der Waals surface area (Å²) in [5.74, 6) is 0.387. The van der Waals surface area contributed by atoms with Gasteiger partial charge < -0.3 is 10.6 Å². The lowest BCUT2D eigenvalue weighted by atomic mass is 9.78. The van der Waals surface area contributed by atoms with E-state index in [1.165, 1.54) is 18.2 Å². The van der Waals surface area contributed by atoms with E-state index in [1.807, 2.05) is 0 Å². The molecule has 118 valence electrons. The Kier molecular flexibility index (Phi) is 4.06. The number of nitro benzene ring substituents is 1. The Morgan fingerprint density at radius 3 is 2.82 bits per heavy atom. The molecule has 1 aromatic carbocycles. The first-order valence-corrected chi connectivity index (χ1v) is 7.84. The lowest BCUT2D eigenvalue weighted by Gasteiger charge is -2.29. The van der Waals surface area contributed by atoms with Gasteiger partial charge in [-0.3, -0.25) is 14.9 Å². The number of amides is 1. The summed E-state index contributed by atoms with van der Waals surface area (Å²) in [5, 5.41) is 11.4. The molecule has 0 radical (unpaired) electrons. The Labute approximate surface area is 133 Å². The minimum Gasteiger partial charge on any atom is -0.338 e. The highest BCUT2D eigenvalue weighted by Crippen LogP contribution is 2.37. The molecule has 2 N–H and O–H groups in total. The van der Waals surface area contributed by atoms with E-state index in [-0.39, 0.29) is 23.2 Å². The van der Waals surface area contributed by atoms with Crippen molar-refractivity contribution in [3.63, 3.8) is 0 Å². The van der Waals surface area contributed by atoms with Gasteiger partial charge in [-0.15, -0.1) is 0 Å². The first-order valence-electron chi connectivity index (χ1n) is 7.46. The van der Waals surface area contributed by atoms with Gasteiger partial charge in [-0.25, -0.2) is 0 Å². The lowest BCUT2D eigenvalue weighted by Crippen LogP contribution is -2.38. The molecule has 1 saturated heterocycles. The van der Waals surface area contributed by atoms with Crippen molar-refractivity contribution in [2.45, 2.75) is 25.3 Å². The van der Waals surface area contributed by atoms with Crippen molar-refractivity contribution in [3.8, 4) is 0 Å². The molecule has 3 rings (SSSR count). The number of benzene rings is 1. The molecule has 2 aliphatic rings. The molecule has 3 atom stereocenters. The van der Waals surface area contributed by atoms with E-state index in [9.17, 15) is 14.9 Å². The minimum atomic E-state index is -0.543. The zero-order chi connectivity index (χ0) is 15.9. The first kappa shape index (κ1) is 15.2. The molecular formula is C15H18ClN3O3. The molecule has 0 aromatic heterocycles. The Balaban J connectivity index is 1.86.